The van der Waals surface area contributed by atoms with Gasteiger partial charge in [-0.1, -0.05) is 6.92 Å². The van der Waals surface area contributed by atoms with Crippen LogP contribution in [0.2, 0.25) is 0 Å². The summed E-state index contributed by atoms with van der Waals surface area (Å²) in [4.78, 5) is 26.2. The molecule has 2 amide bonds. The van der Waals surface area contributed by atoms with Crippen LogP contribution >= 0.6 is 0 Å². The summed E-state index contributed by atoms with van der Waals surface area (Å²) < 4.78 is 5.24. The van der Waals surface area contributed by atoms with E-state index in [0.29, 0.717) is 19.3 Å². The number of amides is 2. The zero-order valence-electron chi connectivity index (χ0n) is 12.4. The molecule has 0 bridgehead atoms. The maximum atomic E-state index is 12.2. The molecule has 0 aromatic heterocycles. The van der Waals surface area contributed by atoms with Gasteiger partial charge in [0.1, 0.15) is 0 Å². The Kier molecular flexibility index (Phi) is 5.83. The minimum absolute atomic E-state index is 0.00621. The van der Waals surface area contributed by atoms with Crippen molar-refractivity contribution in [2.24, 2.45) is 5.92 Å². The summed E-state index contributed by atoms with van der Waals surface area (Å²) in [6.45, 7) is 4.40. The summed E-state index contributed by atoms with van der Waals surface area (Å²) in [5, 5.41) is 2.81. The molecule has 114 valence electrons. The first-order valence-corrected chi connectivity index (χ1v) is 7.87. The molecule has 2 fully saturated rings. The van der Waals surface area contributed by atoms with Crippen LogP contribution in [-0.4, -0.2) is 49.1 Å². The van der Waals surface area contributed by atoms with Gasteiger partial charge in [0.05, 0.1) is 6.54 Å². The van der Waals surface area contributed by atoms with Crippen LogP contribution in [0.25, 0.3) is 0 Å². The lowest BCUT2D eigenvalue weighted by molar-refractivity contribution is -0.137. The molecule has 2 saturated heterocycles. The molecular weight excluding hydrogens is 256 g/mol. The summed E-state index contributed by atoms with van der Waals surface area (Å²) in [5.41, 5.74) is 0. The molecule has 0 aliphatic carbocycles. The highest BCUT2D eigenvalue weighted by Gasteiger charge is 2.26. The zero-order chi connectivity index (χ0) is 14.4. The number of hydrogen-bond donors (Lipinski definition) is 1. The second-order valence-electron chi connectivity index (χ2n) is 5.75. The Morgan fingerprint density at radius 2 is 1.95 bits per heavy atom. The maximum absolute atomic E-state index is 12.2. The highest BCUT2D eigenvalue weighted by Crippen LogP contribution is 2.19. The van der Waals surface area contributed by atoms with E-state index in [0.717, 1.165) is 38.6 Å². The Bertz CT molecular complexity index is 340. The number of nitrogens with zero attached hydrogens (tertiary/aromatic N) is 1. The van der Waals surface area contributed by atoms with E-state index < -0.39 is 0 Å². The smallest absolute Gasteiger partial charge is 0.242 e. The third-order valence-corrected chi connectivity index (χ3v) is 4.42. The van der Waals surface area contributed by atoms with Crippen LogP contribution in [0, 0.1) is 5.92 Å². The highest BCUT2D eigenvalue weighted by molar-refractivity contribution is 5.86. The van der Waals surface area contributed by atoms with E-state index in [4.69, 9.17) is 4.74 Å². The fourth-order valence-corrected chi connectivity index (χ4v) is 3.12. The van der Waals surface area contributed by atoms with Gasteiger partial charge in [-0.05, 0) is 38.5 Å². The minimum atomic E-state index is 0.00621. The van der Waals surface area contributed by atoms with Crippen molar-refractivity contribution >= 4 is 11.8 Å². The Morgan fingerprint density at radius 3 is 2.65 bits per heavy atom. The van der Waals surface area contributed by atoms with E-state index in [-0.39, 0.29) is 24.3 Å². The van der Waals surface area contributed by atoms with Gasteiger partial charge in [0.2, 0.25) is 11.8 Å². The lowest BCUT2D eigenvalue weighted by Gasteiger charge is -2.35. The number of nitrogens with one attached hydrogen (secondary N) is 1. The monoisotopic (exact) mass is 282 g/mol. The van der Waals surface area contributed by atoms with Gasteiger partial charge in [0.25, 0.3) is 0 Å². The standard InChI is InChI=1S/C15H26N2O3/c1-2-13-5-3-4-8-17(13)14(18)11-16-15(19)12-6-9-20-10-7-12/h12-13H,2-11H2,1H3,(H,16,19). The third kappa shape index (κ3) is 3.95. The number of hydrogen-bond acceptors (Lipinski definition) is 3. The largest absolute Gasteiger partial charge is 0.381 e. The van der Waals surface area contributed by atoms with Crippen LogP contribution in [0.15, 0.2) is 0 Å². The molecule has 5 nitrogen and oxygen atoms in total. The minimum Gasteiger partial charge on any atom is -0.381 e. The second kappa shape index (κ2) is 7.62. The van der Waals surface area contributed by atoms with Gasteiger partial charge in [-0.3, -0.25) is 9.59 Å². The van der Waals surface area contributed by atoms with E-state index >= 15 is 0 Å². The number of ether oxygens (including phenoxy) is 1. The van der Waals surface area contributed by atoms with Crippen molar-refractivity contribution in [2.75, 3.05) is 26.3 Å². The average Bonchev–Trinajstić information content (AvgIpc) is 2.53. The molecule has 5 heteroatoms. The first-order chi connectivity index (χ1) is 9.72. The van der Waals surface area contributed by atoms with Crippen molar-refractivity contribution in [3.8, 4) is 0 Å². The van der Waals surface area contributed by atoms with Crippen molar-refractivity contribution in [1.82, 2.24) is 10.2 Å². The lowest BCUT2D eigenvalue weighted by atomic mass is 9.99. The van der Waals surface area contributed by atoms with Crippen molar-refractivity contribution in [3.63, 3.8) is 0 Å². The van der Waals surface area contributed by atoms with E-state index in [2.05, 4.69) is 12.2 Å². The van der Waals surface area contributed by atoms with Crippen LogP contribution in [0.1, 0.15) is 45.4 Å². The molecule has 2 rings (SSSR count). The quantitative estimate of drug-likeness (QED) is 0.846. The van der Waals surface area contributed by atoms with Gasteiger partial charge in [-0.2, -0.15) is 0 Å². The van der Waals surface area contributed by atoms with Gasteiger partial charge < -0.3 is 15.0 Å². The molecule has 2 heterocycles. The summed E-state index contributed by atoms with van der Waals surface area (Å²) in [7, 11) is 0. The molecule has 2 aliphatic heterocycles. The van der Waals surface area contributed by atoms with E-state index in [9.17, 15) is 9.59 Å². The molecule has 0 saturated carbocycles. The Balaban J connectivity index is 1.77. The Hall–Kier alpha value is -1.10. The summed E-state index contributed by atoms with van der Waals surface area (Å²) >= 11 is 0. The molecule has 1 N–H and O–H groups in total. The van der Waals surface area contributed by atoms with Crippen LogP contribution in [0.3, 0.4) is 0 Å². The molecule has 0 radical (unpaired) electrons. The molecular formula is C15H26N2O3. The van der Waals surface area contributed by atoms with Gasteiger partial charge in [0.15, 0.2) is 0 Å². The molecule has 0 spiro atoms. The average molecular weight is 282 g/mol. The Labute approximate surface area is 121 Å². The first kappa shape index (κ1) is 15.3. The van der Waals surface area contributed by atoms with Gasteiger partial charge in [-0.15, -0.1) is 0 Å². The van der Waals surface area contributed by atoms with Gasteiger partial charge in [0, 0.05) is 31.7 Å². The number of carbonyl (C=O) groups excluding carboxylic acids is 2. The second-order valence-corrected chi connectivity index (χ2v) is 5.75. The third-order valence-electron chi connectivity index (χ3n) is 4.42. The number of likely N-dealkylation sites (tertiary alicyclic amines) is 1. The maximum Gasteiger partial charge on any atom is 0.242 e. The van der Waals surface area contributed by atoms with Crippen molar-refractivity contribution in [1.29, 1.82) is 0 Å². The van der Waals surface area contributed by atoms with Crippen molar-refractivity contribution in [3.05, 3.63) is 0 Å². The molecule has 0 aromatic carbocycles. The van der Waals surface area contributed by atoms with Crippen LogP contribution in [0.5, 0.6) is 0 Å². The molecule has 1 unspecified atom stereocenters. The Morgan fingerprint density at radius 1 is 1.20 bits per heavy atom. The molecule has 0 aromatic rings. The first-order valence-electron chi connectivity index (χ1n) is 7.87. The predicted molar refractivity (Wildman–Crippen MR) is 76.2 cm³/mol. The fourth-order valence-electron chi connectivity index (χ4n) is 3.12. The van der Waals surface area contributed by atoms with Crippen LogP contribution in [-0.2, 0) is 14.3 Å². The van der Waals surface area contributed by atoms with E-state index in [1.165, 1.54) is 6.42 Å². The topological polar surface area (TPSA) is 58.6 Å². The summed E-state index contributed by atoms with van der Waals surface area (Å²) in [5.74, 6) is 0.0866. The molecule has 1 atom stereocenters. The molecule has 2 aliphatic rings. The van der Waals surface area contributed by atoms with E-state index in [1.807, 2.05) is 4.90 Å². The SMILES string of the molecule is CCC1CCCCN1C(=O)CNC(=O)C1CCOCC1. The number of carbonyl (C=O) groups is 2. The fraction of sp³-hybridized carbons (Fsp3) is 0.867. The zero-order valence-corrected chi connectivity index (χ0v) is 12.4. The lowest BCUT2D eigenvalue weighted by Crippen LogP contribution is -2.48. The normalized spacial score (nSPS) is 24.4. The van der Waals surface area contributed by atoms with Crippen molar-refractivity contribution in [2.45, 2.75) is 51.5 Å². The van der Waals surface area contributed by atoms with E-state index in [1.54, 1.807) is 0 Å². The summed E-state index contributed by atoms with van der Waals surface area (Å²) in [6, 6.07) is 0.358. The number of rotatable bonds is 4. The van der Waals surface area contributed by atoms with Crippen LogP contribution in [0.4, 0.5) is 0 Å². The highest BCUT2D eigenvalue weighted by atomic mass is 16.5. The molecule has 20 heavy (non-hydrogen) atoms. The summed E-state index contributed by atoms with van der Waals surface area (Å²) in [6.07, 6.45) is 5.91. The van der Waals surface area contributed by atoms with Gasteiger partial charge in [-0.25, -0.2) is 0 Å². The van der Waals surface area contributed by atoms with Gasteiger partial charge >= 0.3 is 0 Å². The van der Waals surface area contributed by atoms with Crippen molar-refractivity contribution < 1.29 is 14.3 Å². The number of piperidine rings is 1. The van der Waals surface area contributed by atoms with Crippen LogP contribution < -0.4 is 5.32 Å². The predicted octanol–water partition coefficient (Wildman–Crippen LogP) is 1.32.